The van der Waals surface area contributed by atoms with Crippen LogP contribution in [0.15, 0.2) is 0 Å². The number of hydrogen-bond donors (Lipinski definition) is 1. The Labute approximate surface area is 220 Å². The maximum atomic E-state index is 12.6. The number of rotatable bonds is 19. The van der Waals surface area contributed by atoms with E-state index < -0.39 is 6.41 Å². The number of amides is 2. The van der Waals surface area contributed by atoms with Crippen LogP contribution >= 0.6 is 0 Å². The smallest absolute Gasteiger partial charge is 0.237 e. The summed E-state index contributed by atoms with van der Waals surface area (Å²) >= 11 is 0. The third kappa shape index (κ3) is 12.2. The zero-order valence-corrected chi connectivity index (χ0v) is 22.9. The molecule has 1 N–H and O–H groups in total. The van der Waals surface area contributed by atoms with Gasteiger partial charge in [0.2, 0.25) is 24.8 Å². The average molecular weight is 506 g/mol. The van der Waals surface area contributed by atoms with Gasteiger partial charge in [0.15, 0.2) is 0 Å². The van der Waals surface area contributed by atoms with Crippen LogP contribution in [0.2, 0.25) is 0 Å². The van der Waals surface area contributed by atoms with E-state index in [2.05, 4.69) is 48.7 Å². The van der Waals surface area contributed by atoms with Crippen molar-refractivity contribution in [2.45, 2.75) is 104 Å². The van der Waals surface area contributed by atoms with Crippen molar-refractivity contribution in [2.24, 2.45) is 5.41 Å². The van der Waals surface area contributed by atoms with Gasteiger partial charge in [0.25, 0.3) is 0 Å². The minimum absolute atomic E-state index is 0.0616. The zero-order valence-electron chi connectivity index (χ0n) is 23.9. The number of hydrogen-bond acceptors (Lipinski definition) is 5. The van der Waals surface area contributed by atoms with Gasteiger partial charge in [-0.2, -0.15) is 0 Å². The molecule has 0 radical (unpaired) electrons. The number of unbranched alkanes of at least 4 members (excludes halogenated alkanes) is 4. The Morgan fingerprint density at radius 2 is 1.83 bits per heavy atom. The second-order valence-electron chi connectivity index (χ2n) is 10.3. The molecule has 0 spiro atoms. The summed E-state index contributed by atoms with van der Waals surface area (Å²) in [4.78, 5) is 31.7. The van der Waals surface area contributed by atoms with Gasteiger partial charge in [-0.25, -0.2) is 6.57 Å². The van der Waals surface area contributed by atoms with E-state index in [9.17, 15) is 9.59 Å². The van der Waals surface area contributed by atoms with Crippen molar-refractivity contribution in [3.8, 4) is 12.3 Å². The molecule has 36 heavy (non-hydrogen) atoms. The van der Waals surface area contributed by atoms with E-state index in [1.165, 1.54) is 0 Å². The molecule has 1 atom stereocenters. The molecule has 204 valence electrons. The number of terminal acetylenes is 1. The number of likely N-dealkylation sites (tertiary alicyclic amines) is 1. The lowest BCUT2D eigenvalue weighted by Crippen LogP contribution is -2.60. The van der Waals surface area contributed by atoms with Crippen molar-refractivity contribution in [3.05, 3.63) is 11.4 Å². The zero-order chi connectivity index (χ0) is 27.7. The van der Waals surface area contributed by atoms with E-state index in [1.54, 1.807) is 0 Å². The van der Waals surface area contributed by atoms with E-state index in [0.29, 0.717) is 52.1 Å². The molecule has 0 aromatic heterocycles. The van der Waals surface area contributed by atoms with E-state index in [4.69, 9.17) is 23.8 Å². The average Bonchev–Trinajstić information content (AvgIpc) is 2.82. The van der Waals surface area contributed by atoms with Crippen LogP contribution in [0.1, 0.15) is 87.3 Å². The molecule has 1 aliphatic rings. The van der Waals surface area contributed by atoms with Crippen LogP contribution in [0.25, 0.3) is 4.85 Å². The van der Waals surface area contributed by atoms with Gasteiger partial charge in [-0.15, -0.1) is 12.3 Å². The maximum absolute atomic E-state index is 12.6. The first-order valence-electron chi connectivity index (χ1n) is 14.0. The number of carbonyl (C=O) groups is 2. The summed E-state index contributed by atoms with van der Waals surface area (Å²) in [5, 5.41) is 2.92. The molecule has 2 amide bonds. The minimum Gasteiger partial charge on any atom is -0.356 e. The van der Waals surface area contributed by atoms with Gasteiger partial charge in [-0.05, 0) is 53.4 Å². The summed E-state index contributed by atoms with van der Waals surface area (Å²) in [6.07, 6.45) is 10.5. The van der Waals surface area contributed by atoms with Crippen LogP contribution in [0.4, 0.5) is 0 Å². The van der Waals surface area contributed by atoms with Crippen molar-refractivity contribution < 1.29 is 20.4 Å². The van der Waals surface area contributed by atoms with Gasteiger partial charge in [0.1, 0.15) is 6.61 Å². The third-order valence-corrected chi connectivity index (χ3v) is 6.20. The Morgan fingerprint density at radius 1 is 1.14 bits per heavy atom. The first-order chi connectivity index (χ1) is 17.7. The van der Waals surface area contributed by atoms with Crippen molar-refractivity contribution >= 4 is 11.8 Å². The molecule has 1 fully saturated rings. The highest BCUT2D eigenvalue weighted by molar-refractivity contribution is 5.77. The molecule has 1 saturated heterocycles. The fourth-order valence-corrected chi connectivity index (χ4v) is 4.35. The number of ether oxygens (including phenoxy) is 2. The molecule has 8 heteroatoms. The summed E-state index contributed by atoms with van der Waals surface area (Å²) < 4.78 is 20.2. The van der Waals surface area contributed by atoms with Crippen molar-refractivity contribution in [2.75, 3.05) is 39.4 Å². The Hall–Kier alpha value is -2.13. The second kappa shape index (κ2) is 17.3. The second-order valence-corrected chi connectivity index (χ2v) is 10.3. The molecule has 0 aliphatic carbocycles. The Balaban J connectivity index is 2.36. The van der Waals surface area contributed by atoms with Crippen LogP contribution in [0, 0.1) is 24.3 Å². The number of nitrogens with one attached hydrogen (secondary N) is 1. The van der Waals surface area contributed by atoms with Gasteiger partial charge < -0.3 is 24.5 Å². The quantitative estimate of drug-likeness (QED) is 0.124. The maximum Gasteiger partial charge on any atom is 0.237 e. The van der Waals surface area contributed by atoms with Gasteiger partial charge in [-0.3, -0.25) is 14.5 Å². The highest BCUT2D eigenvalue weighted by atomic mass is 16.7. The molecule has 0 aromatic rings. The van der Waals surface area contributed by atoms with Crippen LogP contribution < -0.4 is 5.32 Å². The fourth-order valence-electron chi connectivity index (χ4n) is 4.35. The minimum atomic E-state index is -0.585. The molecular formula is C28H48N4O4. The number of carbonyl (C=O) groups excluding carboxylic acids is 2. The van der Waals surface area contributed by atoms with Crippen LogP contribution in [0.5, 0.6) is 0 Å². The summed E-state index contributed by atoms with van der Waals surface area (Å²) in [7, 11) is 0. The normalized spacial score (nSPS) is 15.8. The Bertz CT molecular complexity index is 748. The molecule has 8 nitrogen and oxygen atoms in total. The van der Waals surface area contributed by atoms with Crippen LogP contribution in [0.3, 0.4) is 0 Å². The lowest BCUT2D eigenvalue weighted by atomic mass is 9.82. The van der Waals surface area contributed by atoms with E-state index in [-0.39, 0.29) is 42.8 Å². The summed E-state index contributed by atoms with van der Waals surface area (Å²) in [6, 6.07) is 0.383. The fraction of sp³-hybridized carbons (Fsp3) is 0.821. The molecule has 1 unspecified atom stereocenters. The predicted octanol–water partition coefficient (Wildman–Crippen LogP) is 4.06. The monoisotopic (exact) mass is 505 g/mol. The highest BCUT2D eigenvalue weighted by Crippen LogP contribution is 2.32. The van der Waals surface area contributed by atoms with Crippen LogP contribution in [-0.2, 0) is 19.1 Å². The molecule has 0 aromatic carbocycles. The van der Waals surface area contributed by atoms with Crippen molar-refractivity contribution in [1.82, 2.24) is 15.1 Å². The predicted molar refractivity (Wildman–Crippen MR) is 143 cm³/mol. The summed E-state index contributed by atoms with van der Waals surface area (Å²) in [5.74, 6) is 2.75. The molecule has 0 bridgehead atoms. The summed E-state index contributed by atoms with van der Waals surface area (Å²) in [5.41, 5.74) is -0.388. The number of nitrogens with zero attached hydrogens (tertiary/aromatic N) is 3. The molecule has 1 rings (SSSR count). The third-order valence-electron chi connectivity index (χ3n) is 6.20. The van der Waals surface area contributed by atoms with Crippen molar-refractivity contribution in [3.63, 3.8) is 0 Å². The molecule has 1 aliphatic heterocycles. The van der Waals surface area contributed by atoms with Gasteiger partial charge in [0, 0.05) is 57.8 Å². The first kappa shape index (κ1) is 30.1. The van der Waals surface area contributed by atoms with Gasteiger partial charge in [-0.1, -0.05) is 13.3 Å². The van der Waals surface area contributed by atoms with E-state index in [1.807, 2.05) is 4.90 Å². The van der Waals surface area contributed by atoms with E-state index in [0.717, 1.165) is 32.1 Å². The van der Waals surface area contributed by atoms with E-state index >= 15 is 0 Å². The molecule has 1 heterocycles. The summed E-state index contributed by atoms with van der Waals surface area (Å²) in [6.45, 7) is 18.1. The van der Waals surface area contributed by atoms with Gasteiger partial charge >= 0.3 is 0 Å². The largest absolute Gasteiger partial charge is 0.356 e. The topological polar surface area (TPSA) is 75.5 Å². The SMILES string of the molecule is [2H]CC1(COC(OCC[N+]#[C-])N(C(C)C)C(C)C)CN(C(=O)CCCCCNC(=O)CCCCC#C)C1. The highest BCUT2D eigenvalue weighted by Gasteiger charge is 2.42. The first-order valence-corrected chi connectivity index (χ1v) is 13.3. The van der Waals surface area contributed by atoms with Gasteiger partial charge in [0.05, 0.1) is 6.61 Å². The van der Waals surface area contributed by atoms with Crippen molar-refractivity contribution in [1.29, 1.82) is 0 Å². The van der Waals surface area contributed by atoms with Crippen LogP contribution in [-0.4, -0.2) is 79.5 Å². The Morgan fingerprint density at radius 3 is 2.44 bits per heavy atom. The Kier molecular flexibility index (Phi) is 14.5. The lowest BCUT2D eigenvalue weighted by Gasteiger charge is -2.49. The molecule has 0 saturated carbocycles. The molecular weight excluding hydrogens is 456 g/mol. The standard InChI is InChI=1S/C28H48N4O4/c1-8-9-10-12-15-25(33)30-17-14-11-13-16-26(34)31-20-28(6,21-31)22-36-27(35-19-18-29-7)32(23(2)3)24(4)5/h1,23-24,27H,9-22H2,2-6H3,(H,30,33)/i6D. The lowest BCUT2D eigenvalue weighted by molar-refractivity contribution is -0.255.